The van der Waals surface area contributed by atoms with Crippen molar-refractivity contribution in [1.29, 1.82) is 0 Å². The normalized spacial score (nSPS) is 19.1. The number of nitro groups is 1. The van der Waals surface area contributed by atoms with Gasteiger partial charge in [-0.1, -0.05) is 19.1 Å². The van der Waals surface area contributed by atoms with Gasteiger partial charge in [0.05, 0.1) is 18.1 Å². The number of nitrogens with zero attached hydrogens (tertiary/aromatic N) is 2. The lowest BCUT2D eigenvalue weighted by atomic mass is 10.1. The number of nitro benzene ring substituents is 1. The van der Waals surface area contributed by atoms with E-state index in [0.29, 0.717) is 18.5 Å². The van der Waals surface area contributed by atoms with Gasteiger partial charge >= 0.3 is 0 Å². The fourth-order valence-electron chi connectivity index (χ4n) is 2.37. The van der Waals surface area contributed by atoms with Crippen molar-refractivity contribution in [3.63, 3.8) is 0 Å². The Kier molecular flexibility index (Phi) is 6.99. The standard InChI is InChI=1S/C17H26N4O3/c1-3-13(2)20-17(19-11-15-8-9-24-12-15)18-10-14-4-6-16(7-5-14)21(22)23/h4-7,13,15H,3,8-12H2,1-2H3,(H2,18,19,20). The van der Waals surface area contributed by atoms with Crippen molar-refractivity contribution in [1.82, 2.24) is 10.6 Å². The maximum Gasteiger partial charge on any atom is 0.269 e. The number of aliphatic imine (C=N–C) groups is 1. The third-order valence-electron chi connectivity index (χ3n) is 4.14. The number of non-ortho nitro benzene ring substituents is 1. The molecule has 1 fully saturated rings. The molecule has 7 heteroatoms. The maximum atomic E-state index is 10.7. The average Bonchev–Trinajstić information content (AvgIpc) is 3.11. The van der Waals surface area contributed by atoms with Gasteiger partial charge in [-0.05, 0) is 25.3 Å². The number of nitrogens with one attached hydrogen (secondary N) is 2. The summed E-state index contributed by atoms with van der Waals surface area (Å²) in [7, 11) is 0. The summed E-state index contributed by atoms with van der Waals surface area (Å²) >= 11 is 0. The van der Waals surface area contributed by atoms with Crippen LogP contribution in [0.2, 0.25) is 0 Å². The van der Waals surface area contributed by atoms with Gasteiger partial charge in [-0.15, -0.1) is 0 Å². The summed E-state index contributed by atoms with van der Waals surface area (Å²) < 4.78 is 5.40. The topological polar surface area (TPSA) is 88.8 Å². The quantitative estimate of drug-likeness (QED) is 0.346. The summed E-state index contributed by atoms with van der Waals surface area (Å²) in [6, 6.07) is 6.83. The summed E-state index contributed by atoms with van der Waals surface area (Å²) in [4.78, 5) is 14.9. The minimum absolute atomic E-state index is 0.0973. The first-order valence-electron chi connectivity index (χ1n) is 8.44. The van der Waals surface area contributed by atoms with Crippen molar-refractivity contribution in [3.8, 4) is 0 Å². The first kappa shape index (κ1) is 18.2. The van der Waals surface area contributed by atoms with Crippen LogP contribution >= 0.6 is 0 Å². The molecule has 1 saturated heterocycles. The van der Waals surface area contributed by atoms with Crippen LogP contribution in [0.4, 0.5) is 5.69 Å². The molecule has 1 aliphatic rings. The van der Waals surface area contributed by atoms with Gasteiger partial charge in [0.1, 0.15) is 0 Å². The summed E-state index contributed by atoms with van der Waals surface area (Å²) in [5, 5.41) is 17.4. The molecule has 0 spiro atoms. The Hall–Kier alpha value is -2.15. The van der Waals surface area contributed by atoms with Crippen molar-refractivity contribution in [2.75, 3.05) is 19.8 Å². The van der Waals surface area contributed by atoms with Gasteiger partial charge in [-0.25, -0.2) is 4.99 Å². The van der Waals surface area contributed by atoms with E-state index in [1.165, 1.54) is 12.1 Å². The molecule has 1 aromatic carbocycles. The lowest BCUT2D eigenvalue weighted by molar-refractivity contribution is -0.384. The van der Waals surface area contributed by atoms with Gasteiger partial charge < -0.3 is 15.4 Å². The first-order valence-corrected chi connectivity index (χ1v) is 8.44. The largest absolute Gasteiger partial charge is 0.381 e. The smallest absolute Gasteiger partial charge is 0.269 e. The van der Waals surface area contributed by atoms with Crippen molar-refractivity contribution in [3.05, 3.63) is 39.9 Å². The van der Waals surface area contributed by atoms with Crippen molar-refractivity contribution < 1.29 is 9.66 Å². The van der Waals surface area contributed by atoms with Gasteiger partial charge in [0.15, 0.2) is 5.96 Å². The van der Waals surface area contributed by atoms with Crippen molar-refractivity contribution in [2.24, 2.45) is 10.9 Å². The molecule has 24 heavy (non-hydrogen) atoms. The van der Waals surface area contributed by atoms with Crippen LogP contribution in [0, 0.1) is 16.0 Å². The third-order valence-corrected chi connectivity index (χ3v) is 4.14. The minimum Gasteiger partial charge on any atom is -0.381 e. The molecule has 132 valence electrons. The molecule has 2 atom stereocenters. The number of benzene rings is 1. The van der Waals surface area contributed by atoms with Gasteiger partial charge in [-0.2, -0.15) is 0 Å². The Bertz CT molecular complexity index is 553. The Morgan fingerprint density at radius 3 is 2.79 bits per heavy atom. The minimum atomic E-state index is -0.395. The maximum absolute atomic E-state index is 10.7. The second-order valence-corrected chi connectivity index (χ2v) is 6.15. The van der Waals surface area contributed by atoms with Crippen LogP contribution < -0.4 is 10.6 Å². The highest BCUT2D eigenvalue weighted by Gasteiger charge is 2.16. The SMILES string of the molecule is CCC(C)NC(=NCc1ccc([N+](=O)[O-])cc1)NCC1CCOC1. The van der Waals surface area contributed by atoms with E-state index in [9.17, 15) is 10.1 Å². The number of ether oxygens (including phenoxy) is 1. The fourth-order valence-corrected chi connectivity index (χ4v) is 2.37. The predicted octanol–water partition coefficient (Wildman–Crippen LogP) is 2.47. The molecule has 1 heterocycles. The van der Waals surface area contributed by atoms with Gasteiger partial charge in [0, 0.05) is 37.2 Å². The zero-order chi connectivity index (χ0) is 17.4. The third kappa shape index (κ3) is 5.81. The van der Waals surface area contributed by atoms with Crippen LogP contribution in [0.5, 0.6) is 0 Å². The molecule has 0 radical (unpaired) electrons. The molecule has 7 nitrogen and oxygen atoms in total. The van der Waals surface area contributed by atoms with Gasteiger partial charge in [0.2, 0.25) is 0 Å². The highest BCUT2D eigenvalue weighted by atomic mass is 16.6. The number of rotatable bonds is 7. The second kappa shape index (κ2) is 9.22. The zero-order valence-electron chi connectivity index (χ0n) is 14.3. The second-order valence-electron chi connectivity index (χ2n) is 6.15. The van der Waals surface area contributed by atoms with Crippen molar-refractivity contribution >= 4 is 11.6 Å². The van der Waals surface area contributed by atoms with Gasteiger partial charge in [-0.3, -0.25) is 10.1 Å². The molecule has 2 rings (SSSR count). The van der Waals surface area contributed by atoms with Crippen LogP contribution in [-0.2, 0) is 11.3 Å². The van der Waals surface area contributed by atoms with E-state index >= 15 is 0 Å². The summed E-state index contributed by atoms with van der Waals surface area (Å²) in [5.41, 5.74) is 1.04. The zero-order valence-corrected chi connectivity index (χ0v) is 14.3. The summed E-state index contributed by atoms with van der Waals surface area (Å²) in [6.07, 6.45) is 2.08. The monoisotopic (exact) mass is 334 g/mol. The summed E-state index contributed by atoms with van der Waals surface area (Å²) in [6.45, 7) is 7.18. The van der Waals surface area contributed by atoms with E-state index < -0.39 is 4.92 Å². The van der Waals surface area contributed by atoms with Crippen LogP contribution in [0.25, 0.3) is 0 Å². The molecule has 0 aromatic heterocycles. The van der Waals surface area contributed by atoms with E-state index in [0.717, 1.165) is 44.1 Å². The van der Waals surface area contributed by atoms with Gasteiger partial charge in [0.25, 0.3) is 5.69 Å². The Balaban J connectivity index is 1.95. The van der Waals surface area contributed by atoms with Crippen LogP contribution in [0.3, 0.4) is 0 Å². The van der Waals surface area contributed by atoms with E-state index in [1.807, 2.05) is 0 Å². The Morgan fingerprint density at radius 2 is 2.21 bits per heavy atom. The lowest BCUT2D eigenvalue weighted by Crippen LogP contribution is -2.43. The molecule has 0 bridgehead atoms. The summed E-state index contributed by atoms with van der Waals surface area (Å²) in [5.74, 6) is 1.29. The molecular formula is C17H26N4O3. The highest BCUT2D eigenvalue weighted by Crippen LogP contribution is 2.13. The van der Waals surface area contributed by atoms with Crippen molar-refractivity contribution in [2.45, 2.75) is 39.3 Å². The van der Waals surface area contributed by atoms with E-state index in [2.05, 4.69) is 29.5 Å². The van der Waals surface area contributed by atoms with Crippen LogP contribution in [0.15, 0.2) is 29.3 Å². The molecule has 1 aromatic rings. The Labute approximate surface area is 142 Å². The molecule has 1 aliphatic heterocycles. The predicted molar refractivity (Wildman–Crippen MR) is 94.1 cm³/mol. The molecule has 0 amide bonds. The first-order chi connectivity index (χ1) is 11.6. The molecule has 2 N–H and O–H groups in total. The molecular weight excluding hydrogens is 308 g/mol. The average molecular weight is 334 g/mol. The van der Waals surface area contributed by atoms with E-state index in [1.54, 1.807) is 12.1 Å². The molecule has 0 aliphatic carbocycles. The molecule has 0 saturated carbocycles. The number of hydrogen-bond acceptors (Lipinski definition) is 4. The lowest BCUT2D eigenvalue weighted by Gasteiger charge is -2.18. The number of guanidine groups is 1. The highest BCUT2D eigenvalue weighted by molar-refractivity contribution is 5.80. The fraction of sp³-hybridized carbons (Fsp3) is 0.588. The van der Waals surface area contributed by atoms with E-state index in [-0.39, 0.29) is 5.69 Å². The van der Waals surface area contributed by atoms with Crippen LogP contribution in [-0.4, -0.2) is 36.7 Å². The molecule has 2 unspecified atom stereocenters. The van der Waals surface area contributed by atoms with Crippen LogP contribution in [0.1, 0.15) is 32.3 Å². The number of hydrogen-bond donors (Lipinski definition) is 2. The Morgan fingerprint density at radius 1 is 1.46 bits per heavy atom. The van der Waals surface area contributed by atoms with E-state index in [4.69, 9.17) is 4.74 Å².